The van der Waals surface area contributed by atoms with E-state index in [9.17, 15) is 8.42 Å². The zero-order chi connectivity index (χ0) is 13.1. The van der Waals surface area contributed by atoms with Crippen LogP contribution in [0.4, 0.5) is 0 Å². The van der Waals surface area contributed by atoms with Crippen molar-refractivity contribution < 1.29 is 13.5 Å². The number of hydrogen-bond acceptors (Lipinski definition) is 4. The molecule has 0 atom stereocenters. The van der Waals surface area contributed by atoms with Crippen molar-refractivity contribution in [2.75, 3.05) is 13.2 Å². The predicted molar refractivity (Wildman–Crippen MR) is 65.4 cm³/mol. The molecule has 0 bridgehead atoms. The maximum Gasteiger partial charge on any atom is 0.246 e. The summed E-state index contributed by atoms with van der Waals surface area (Å²) in [6.07, 6.45) is 1.42. The van der Waals surface area contributed by atoms with Gasteiger partial charge in [-0.25, -0.2) is 13.4 Å². The minimum absolute atomic E-state index is 0.0330. The zero-order valence-corrected chi connectivity index (χ0v) is 11.2. The lowest BCUT2D eigenvalue weighted by molar-refractivity contribution is 0.236. The molecule has 0 spiro atoms. The third-order valence-electron chi connectivity index (χ3n) is 2.21. The lowest BCUT2D eigenvalue weighted by Gasteiger charge is -2.25. The molecule has 0 unspecified atom stereocenters. The maximum absolute atomic E-state index is 12.3. The molecule has 1 rings (SSSR count). The SMILES string of the molecule is CC(C)N(CCO)S(=O)(=O)c1cccnc1Cl. The van der Waals surface area contributed by atoms with Crippen LogP contribution in [0.25, 0.3) is 0 Å². The molecule has 1 aromatic rings. The fraction of sp³-hybridized carbons (Fsp3) is 0.500. The Hall–Kier alpha value is -0.690. The number of sulfonamides is 1. The molecule has 5 nitrogen and oxygen atoms in total. The Bertz CT molecular complexity index is 476. The average molecular weight is 279 g/mol. The van der Waals surface area contributed by atoms with Crippen molar-refractivity contribution in [2.24, 2.45) is 0 Å². The van der Waals surface area contributed by atoms with Gasteiger partial charge in [0.05, 0.1) is 6.61 Å². The van der Waals surface area contributed by atoms with Crippen LogP contribution >= 0.6 is 11.6 Å². The summed E-state index contributed by atoms with van der Waals surface area (Å²) in [5.74, 6) is 0. The Labute approximate surface area is 106 Å². The summed E-state index contributed by atoms with van der Waals surface area (Å²) in [5, 5.41) is 8.85. The fourth-order valence-corrected chi connectivity index (χ4v) is 3.50. The zero-order valence-electron chi connectivity index (χ0n) is 9.67. The van der Waals surface area contributed by atoms with Gasteiger partial charge in [-0.1, -0.05) is 11.6 Å². The Kier molecular flexibility index (Phi) is 4.88. The monoisotopic (exact) mass is 278 g/mol. The van der Waals surface area contributed by atoms with Crippen molar-refractivity contribution in [3.63, 3.8) is 0 Å². The third-order valence-corrected chi connectivity index (χ3v) is 4.73. The van der Waals surface area contributed by atoms with Gasteiger partial charge in [0.1, 0.15) is 10.0 Å². The molecule has 0 saturated carbocycles. The van der Waals surface area contributed by atoms with Crippen molar-refractivity contribution in [1.29, 1.82) is 0 Å². The Morgan fingerprint density at radius 2 is 2.18 bits per heavy atom. The van der Waals surface area contributed by atoms with Crippen LogP contribution in [0.5, 0.6) is 0 Å². The van der Waals surface area contributed by atoms with Crippen LogP contribution in [0.15, 0.2) is 23.2 Å². The van der Waals surface area contributed by atoms with Gasteiger partial charge in [-0.05, 0) is 26.0 Å². The quantitative estimate of drug-likeness (QED) is 0.820. The maximum atomic E-state index is 12.3. The van der Waals surface area contributed by atoms with Crippen LogP contribution in [0.1, 0.15) is 13.8 Å². The summed E-state index contributed by atoms with van der Waals surface area (Å²) in [6.45, 7) is 3.26. The molecule has 96 valence electrons. The number of aromatic nitrogens is 1. The number of hydrogen-bond donors (Lipinski definition) is 1. The van der Waals surface area contributed by atoms with E-state index in [1.54, 1.807) is 13.8 Å². The Morgan fingerprint density at radius 1 is 1.53 bits per heavy atom. The summed E-state index contributed by atoms with van der Waals surface area (Å²) in [4.78, 5) is 3.71. The van der Waals surface area contributed by atoms with E-state index in [-0.39, 0.29) is 29.2 Å². The van der Waals surface area contributed by atoms with Gasteiger partial charge in [-0.15, -0.1) is 0 Å². The van der Waals surface area contributed by atoms with E-state index in [0.717, 1.165) is 0 Å². The van der Waals surface area contributed by atoms with Crippen LogP contribution < -0.4 is 0 Å². The molecule has 1 aromatic heterocycles. The summed E-state index contributed by atoms with van der Waals surface area (Å²) < 4.78 is 25.7. The summed E-state index contributed by atoms with van der Waals surface area (Å²) in [7, 11) is -3.71. The van der Waals surface area contributed by atoms with Crippen LogP contribution in [0.2, 0.25) is 5.15 Å². The van der Waals surface area contributed by atoms with Gasteiger partial charge < -0.3 is 5.11 Å². The Morgan fingerprint density at radius 3 is 2.65 bits per heavy atom. The first-order chi connectivity index (χ1) is 7.91. The molecule has 7 heteroatoms. The number of aliphatic hydroxyl groups excluding tert-OH is 1. The highest BCUT2D eigenvalue weighted by atomic mass is 35.5. The highest BCUT2D eigenvalue weighted by Gasteiger charge is 2.28. The first-order valence-corrected chi connectivity index (χ1v) is 6.96. The van der Waals surface area contributed by atoms with Crippen molar-refractivity contribution in [2.45, 2.75) is 24.8 Å². The third kappa shape index (κ3) is 3.16. The molecule has 1 N–H and O–H groups in total. The van der Waals surface area contributed by atoms with Gasteiger partial charge in [-0.2, -0.15) is 4.31 Å². The molecule has 0 saturated heterocycles. The second kappa shape index (κ2) is 5.77. The van der Waals surface area contributed by atoms with E-state index in [0.29, 0.717) is 0 Å². The van der Waals surface area contributed by atoms with Gasteiger partial charge in [-0.3, -0.25) is 0 Å². The summed E-state index contributed by atoms with van der Waals surface area (Å²) >= 11 is 5.78. The smallest absolute Gasteiger partial charge is 0.246 e. The largest absolute Gasteiger partial charge is 0.395 e. The number of pyridine rings is 1. The number of nitrogens with zero attached hydrogens (tertiary/aromatic N) is 2. The van der Waals surface area contributed by atoms with Crippen LogP contribution in [0.3, 0.4) is 0 Å². The second-order valence-electron chi connectivity index (χ2n) is 3.73. The van der Waals surface area contributed by atoms with Crippen LogP contribution in [0, 0.1) is 0 Å². The van der Waals surface area contributed by atoms with E-state index < -0.39 is 10.0 Å². The molecule has 0 aliphatic carbocycles. The van der Waals surface area contributed by atoms with E-state index in [1.807, 2.05) is 0 Å². The molecule has 1 heterocycles. The first-order valence-electron chi connectivity index (χ1n) is 5.14. The van der Waals surface area contributed by atoms with Crippen LogP contribution in [-0.2, 0) is 10.0 Å². The van der Waals surface area contributed by atoms with Gasteiger partial charge in [0.25, 0.3) is 0 Å². The highest BCUT2D eigenvalue weighted by molar-refractivity contribution is 7.89. The van der Waals surface area contributed by atoms with Gasteiger partial charge >= 0.3 is 0 Å². The van der Waals surface area contributed by atoms with E-state index >= 15 is 0 Å². The van der Waals surface area contributed by atoms with Crippen molar-refractivity contribution in [3.8, 4) is 0 Å². The highest BCUT2D eigenvalue weighted by Crippen LogP contribution is 2.23. The minimum Gasteiger partial charge on any atom is -0.395 e. The second-order valence-corrected chi connectivity index (χ2v) is 5.94. The fourth-order valence-electron chi connectivity index (χ4n) is 1.44. The standard InChI is InChI=1S/C10H15ClN2O3S/c1-8(2)13(6-7-14)17(15,16)9-4-3-5-12-10(9)11/h3-5,8,14H,6-7H2,1-2H3. The average Bonchev–Trinajstić information content (AvgIpc) is 2.25. The van der Waals surface area contributed by atoms with Gasteiger partial charge in [0.2, 0.25) is 10.0 Å². The van der Waals surface area contributed by atoms with Crippen molar-refractivity contribution >= 4 is 21.6 Å². The number of rotatable bonds is 5. The molecule has 0 aromatic carbocycles. The lowest BCUT2D eigenvalue weighted by Crippen LogP contribution is -2.39. The predicted octanol–water partition coefficient (Wildman–Crippen LogP) is 1.13. The van der Waals surface area contributed by atoms with Gasteiger partial charge in [0.15, 0.2) is 0 Å². The van der Waals surface area contributed by atoms with Crippen LogP contribution in [-0.4, -0.2) is 42.0 Å². The normalized spacial score (nSPS) is 12.4. The van der Waals surface area contributed by atoms with Crippen molar-refractivity contribution in [3.05, 3.63) is 23.5 Å². The molecular formula is C10H15ClN2O3S. The van der Waals surface area contributed by atoms with Gasteiger partial charge in [0, 0.05) is 18.8 Å². The lowest BCUT2D eigenvalue weighted by atomic mass is 10.4. The number of aliphatic hydroxyl groups is 1. The first kappa shape index (κ1) is 14.4. The summed E-state index contributed by atoms with van der Waals surface area (Å²) in [5.41, 5.74) is 0. The molecule has 0 radical (unpaired) electrons. The van der Waals surface area contributed by atoms with E-state index in [2.05, 4.69) is 4.98 Å². The number of halogens is 1. The van der Waals surface area contributed by atoms with E-state index in [1.165, 1.54) is 22.6 Å². The molecule has 0 aliphatic heterocycles. The molecule has 0 amide bonds. The van der Waals surface area contributed by atoms with E-state index in [4.69, 9.17) is 16.7 Å². The molecule has 0 fully saturated rings. The molecule has 0 aliphatic rings. The van der Waals surface area contributed by atoms with Crippen molar-refractivity contribution in [1.82, 2.24) is 9.29 Å². The minimum atomic E-state index is -3.71. The summed E-state index contributed by atoms with van der Waals surface area (Å²) in [6, 6.07) is 2.65. The Balaban J connectivity index is 3.22. The molecule has 17 heavy (non-hydrogen) atoms. The topological polar surface area (TPSA) is 70.5 Å². The molecular weight excluding hydrogens is 264 g/mol.